The summed E-state index contributed by atoms with van der Waals surface area (Å²) in [4.78, 5) is 0. The summed E-state index contributed by atoms with van der Waals surface area (Å²) in [7, 11) is 0.276. The van der Waals surface area contributed by atoms with E-state index >= 15 is 0 Å². The molecule has 0 bridgehead atoms. The zero-order chi connectivity index (χ0) is 15.6. The first-order valence-electron chi connectivity index (χ1n) is 10.1. The Morgan fingerprint density at radius 2 is 1.55 bits per heavy atom. The van der Waals surface area contributed by atoms with E-state index in [1.165, 1.54) is 44.1 Å². The van der Waals surface area contributed by atoms with Gasteiger partial charge in [-0.05, 0) is 56.3 Å². The van der Waals surface area contributed by atoms with Gasteiger partial charge in [-0.1, -0.05) is 68.8 Å². The number of hydrogen-bond donors (Lipinski definition) is 0. The van der Waals surface area contributed by atoms with Crippen molar-refractivity contribution in [2.75, 3.05) is 0 Å². The maximum absolute atomic E-state index is 3.80. The first-order chi connectivity index (χ1) is 10.8. The fraction of sp³-hybridized carbons (Fsp3) is 0.810. The minimum absolute atomic E-state index is 0.276. The maximum atomic E-state index is 3.80. The third-order valence-corrected chi connectivity index (χ3v) is 9.03. The lowest BCUT2D eigenvalue weighted by Crippen LogP contribution is -2.25. The van der Waals surface area contributed by atoms with Crippen LogP contribution in [0.2, 0.25) is 11.6 Å². The summed E-state index contributed by atoms with van der Waals surface area (Å²) in [6, 6.07) is 1.60. The highest BCUT2D eigenvalue weighted by atomic mass is 28.2. The lowest BCUT2D eigenvalue weighted by atomic mass is 9.71. The Hall–Kier alpha value is -0.303. The van der Waals surface area contributed by atoms with E-state index in [4.69, 9.17) is 0 Å². The lowest BCUT2D eigenvalue weighted by molar-refractivity contribution is 0.180. The minimum Gasteiger partial charge on any atom is -0.103 e. The van der Waals surface area contributed by atoms with E-state index in [0.717, 1.165) is 24.2 Å². The summed E-state index contributed by atoms with van der Waals surface area (Å²) >= 11 is 0. The zero-order valence-electron chi connectivity index (χ0n) is 14.9. The van der Waals surface area contributed by atoms with Crippen molar-refractivity contribution in [1.82, 2.24) is 0 Å². The molecule has 0 aromatic heterocycles. The Bertz CT molecular complexity index is 317. The molecule has 0 aliphatic heterocycles. The SMILES string of the molecule is C=CCC/C=C/C1CCC(C2CCC([SiH2]CCC)CC2)CC1. The van der Waals surface area contributed by atoms with Gasteiger partial charge in [-0.2, -0.15) is 0 Å². The normalized spacial score (nSPS) is 33.7. The van der Waals surface area contributed by atoms with Gasteiger partial charge in [-0.25, -0.2) is 0 Å². The molecular formula is C21H38Si. The van der Waals surface area contributed by atoms with Crippen LogP contribution in [-0.2, 0) is 0 Å². The summed E-state index contributed by atoms with van der Waals surface area (Å²) in [5.41, 5.74) is 1.21. The number of unbranched alkanes of at least 4 members (excludes halogenated alkanes) is 1. The van der Waals surface area contributed by atoms with Crippen LogP contribution in [0.15, 0.2) is 24.8 Å². The van der Waals surface area contributed by atoms with Crippen molar-refractivity contribution >= 4 is 9.52 Å². The molecule has 0 amide bonds. The first-order valence-corrected chi connectivity index (χ1v) is 11.9. The molecular weight excluding hydrogens is 280 g/mol. The second kappa shape index (κ2) is 10.5. The fourth-order valence-electron chi connectivity index (χ4n) is 4.75. The highest BCUT2D eigenvalue weighted by molar-refractivity contribution is 6.37. The van der Waals surface area contributed by atoms with Crippen LogP contribution in [0.4, 0.5) is 0 Å². The topological polar surface area (TPSA) is 0 Å². The molecule has 0 N–H and O–H groups in total. The average molecular weight is 319 g/mol. The van der Waals surface area contributed by atoms with Gasteiger partial charge in [0, 0.05) is 9.52 Å². The Morgan fingerprint density at radius 3 is 2.14 bits per heavy atom. The average Bonchev–Trinajstić information content (AvgIpc) is 2.58. The van der Waals surface area contributed by atoms with Crippen molar-refractivity contribution in [3.8, 4) is 0 Å². The van der Waals surface area contributed by atoms with Crippen LogP contribution in [0, 0.1) is 17.8 Å². The van der Waals surface area contributed by atoms with E-state index in [-0.39, 0.29) is 9.52 Å². The van der Waals surface area contributed by atoms with E-state index in [1.807, 2.05) is 6.08 Å². The van der Waals surface area contributed by atoms with Crippen molar-refractivity contribution in [3.63, 3.8) is 0 Å². The van der Waals surface area contributed by atoms with Gasteiger partial charge in [0.2, 0.25) is 0 Å². The number of allylic oxidation sites excluding steroid dienone is 3. The Labute approximate surface area is 141 Å². The largest absolute Gasteiger partial charge is 0.103 e. The highest BCUT2D eigenvalue weighted by Crippen LogP contribution is 2.43. The van der Waals surface area contributed by atoms with Crippen molar-refractivity contribution in [2.45, 2.75) is 89.1 Å². The molecule has 22 heavy (non-hydrogen) atoms. The predicted octanol–water partition coefficient (Wildman–Crippen LogP) is 6.29. The number of rotatable bonds is 8. The van der Waals surface area contributed by atoms with Crippen molar-refractivity contribution in [2.24, 2.45) is 17.8 Å². The quantitative estimate of drug-likeness (QED) is 0.280. The molecule has 2 aliphatic carbocycles. The molecule has 0 aromatic carbocycles. The lowest BCUT2D eigenvalue weighted by Gasteiger charge is -2.37. The van der Waals surface area contributed by atoms with Gasteiger partial charge in [-0.3, -0.25) is 0 Å². The van der Waals surface area contributed by atoms with Crippen LogP contribution in [0.5, 0.6) is 0 Å². The first kappa shape index (κ1) is 18.0. The van der Waals surface area contributed by atoms with Gasteiger partial charge in [0.25, 0.3) is 0 Å². The van der Waals surface area contributed by atoms with Crippen LogP contribution in [-0.4, -0.2) is 9.52 Å². The summed E-state index contributed by atoms with van der Waals surface area (Å²) in [6.45, 7) is 6.16. The molecule has 0 nitrogen and oxygen atoms in total. The van der Waals surface area contributed by atoms with E-state index in [2.05, 4.69) is 25.7 Å². The molecule has 0 spiro atoms. The monoisotopic (exact) mass is 318 g/mol. The molecule has 1 heteroatoms. The molecule has 2 aliphatic rings. The summed E-state index contributed by atoms with van der Waals surface area (Å²) < 4.78 is 0. The Kier molecular flexibility index (Phi) is 8.58. The minimum atomic E-state index is 0.276. The van der Waals surface area contributed by atoms with Gasteiger partial charge in [-0.15, -0.1) is 6.58 Å². The molecule has 0 aromatic rings. The molecule has 2 saturated carbocycles. The zero-order valence-corrected chi connectivity index (χ0v) is 16.4. The molecule has 0 heterocycles. The van der Waals surface area contributed by atoms with E-state index in [0.29, 0.717) is 0 Å². The molecule has 0 radical (unpaired) electrons. The maximum Gasteiger partial charge on any atom is 0.0231 e. The second-order valence-electron chi connectivity index (χ2n) is 7.89. The van der Waals surface area contributed by atoms with Gasteiger partial charge >= 0.3 is 0 Å². The van der Waals surface area contributed by atoms with Crippen LogP contribution < -0.4 is 0 Å². The standard InChI is InChI=1S/C21H38Si/c1-3-5-6-7-8-18-9-11-19(12-10-18)20-13-15-21(16-14-20)22-17-4-2/h3,7-8,18-21H,1,4-6,9-17,22H2,2H3/b8-7+. The molecule has 0 unspecified atom stereocenters. The molecule has 2 fully saturated rings. The van der Waals surface area contributed by atoms with Crippen molar-refractivity contribution in [1.29, 1.82) is 0 Å². The molecule has 0 saturated heterocycles. The highest BCUT2D eigenvalue weighted by Gasteiger charge is 2.30. The van der Waals surface area contributed by atoms with Crippen LogP contribution in [0.25, 0.3) is 0 Å². The van der Waals surface area contributed by atoms with Crippen LogP contribution >= 0.6 is 0 Å². The Morgan fingerprint density at radius 1 is 0.909 bits per heavy atom. The Balaban J connectivity index is 1.63. The summed E-state index contributed by atoms with van der Waals surface area (Å²) in [5, 5.41) is 0. The number of hydrogen-bond acceptors (Lipinski definition) is 0. The molecule has 2 rings (SSSR count). The van der Waals surface area contributed by atoms with E-state index in [1.54, 1.807) is 31.7 Å². The smallest absolute Gasteiger partial charge is 0.0231 e. The fourth-order valence-corrected chi connectivity index (χ4v) is 6.79. The third-order valence-electron chi connectivity index (χ3n) is 6.29. The molecule has 0 atom stereocenters. The molecule has 126 valence electrons. The second-order valence-corrected chi connectivity index (χ2v) is 10.3. The van der Waals surface area contributed by atoms with E-state index in [9.17, 15) is 0 Å². The van der Waals surface area contributed by atoms with Gasteiger partial charge in [0.1, 0.15) is 0 Å². The van der Waals surface area contributed by atoms with Crippen molar-refractivity contribution < 1.29 is 0 Å². The van der Waals surface area contributed by atoms with Gasteiger partial charge in [0.05, 0.1) is 0 Å². The summed E-state index contributed by atoms with van der Waals surface area (Å²) in [6.07, 6.45) is 23.0. The van der Waals surface area contributed by atoms with Crippen LogP contribution in [0.3, 0.4) is 0 Å². The summed E-state index contributed by atoms with van der Waals surface area (Å²) in [5.74, 6) is 3.05. The third kappa shape index (κ3) is 6.06. The van der Waals surface area contributed by atoms with Crippen molar-refractivity contribution in [3.05, 3.63) is 24.8 Å². The van der Waals surface area contributed by atoms with E-state index < -0.39 is 0 Å². The van der Waals surface area contributed by atoms with Gasteiger partial charge in [0.15, 0.2) is 0 Å². The predicted molar refractivity (Wildman–Crippen MR) is 103 cm³/mol. The van der Waals surface area contributed by atoms with Crippen LogP contribution in [0.1, 0.15) is 77.6 Å². The van der Waals surface area contributed by atoms with Gasteiger partial charge < -0.3 is 0 Å².